The van der Waals surface area contributed by atoms with Gasteiger partial charge in [0.1, 0.15) is 0 Å². The van der Waals surface area contributed by atoms with E-state index >= 15 is 0 Å². The van der Waals surface area contributed by atoms with Gasteiger partial charge in [-0.1, -0.05) is 0 Å². The summed E-state index contributed by atoms with van der Waals surface area (Å²) in [4.78, 5) is 0. The first-order valence-electron chi connectivity index (χ1n) is 2.81. The van der Waals surface area contributed by atoms with Gasteiger partial charge in [-0.2, -0.15) is 0 Å². The van der Waals surface area contributed by atoms with Gasteiger partial charge in [-0.25, -0.2) is 0 Å². The Hall–Kier alpha value is 1.02. The molecule has 0 nitrogen and oxygen atoms in total. The third kappa shape index (κ3) is 1.76. The fourth-order valence-electron chi connectivity index (χ4n) is 1.04. The Balaban J connectivity index is 2.26. The summed E-state index contributed by atoms with van der Waals surface area (Å²) in [7, 11) is 5.08. The number of hydrogen-bond acceptors (Lipinski definition) is 1. The molecule has 0 N–H and O–H groups in total. The van der Waals surface area contributed by atoms with E-state index in [-0.39, 0.29) is 19.2 Å². The van der Waals surface area contributed by atoms with E-state index in [1.807, 2.05) is 0 Å². The van der Waals surface area contributed by atoms with Crippen LogP contribution in [0.3, 0.4) is 0 Å². The van der Waals surface area contributed by atoms with E-state index in [1.54, 1.807) is 0 Å². The molecule has 0 aromatic carbocycles. The predicted octanol–water partition coefficient (Wildman–Crippen LogP) is 2.17. The van der Waals surface area contributed by atoms with E-state index in [4.69, 9.17) is 9.29 Å². The van der Waals surface area contributed by atoms with E-state index in [9.17, 15) is 0 Å². The fraction of sp³-hybridized carbons (Fsp3) is 1.00. The van der Waals surface area contributed by atoms with Crippen molar-refractivity contribution in [1.29, 1.82) is 0 Å². The fourth-order valence-corrected chi connectivity index (χ4v) is 4.46. The van der Waals surface area contributed by atoms with Crippen molar-refractivity contribution in [3.8, 4) is 0 Å². The van der Waals surface area contributed by atoms with E-state index in [2.05, 4.69) is 0 Å². The van der Waals surface area contributed by atoms with Crippen molar-refractivity contribution in [1.82, 2.24) is 0 Å². The first-order chi connectivity index (χ1) is 3.43. The Kier molecular flexibility index (Phi) is 2.74. The SMILES string of the molecule is [S]=[Sn][CH]1CCCC1. The molecular formula is C5H9SSn. The van der Waals surface area contributed by atoms with Crippen LogP contribution in [-0.2, 0) is 0 Å². The molecule has 1 radical (unpaired) electrons. The predicted molar refractivity (Wildman–Crippen MR) is 35.6 cm³/mol. The summed E-state index contributed by atoms with van der Waals surface area (Å²) in [5, 5.41) is 0. The average molecular weight is 220 g/mol. The monoisotopic (exact) mass is 221 g/mol. The van der Waals surface area contributed by atoms with Crippen LogP contribution in [0.4, 0.5) is 0 Å². The van der Waals surface area contributed by atoms with Crippen molar-refractivity contribution in [2.45, 2.75) is 29.6 Å². The molecular weight excluding hydrogens is 211 g/mol. The normalized spacial score (nSPS) is 22.9. The van der Waals surface area contributed by atoms with E-state index < -0.39 is 0 Å². The molecule has 0 unspecified atom stereocenters. The molecule has 1 fully saturated rings. The molecule has 0 atom stereocenters. The summed E-state index contributed by atoms with van der Waals surface area (Å²) in [6.45, 7) is 0. The van der Waals surface area contributed by atoms with Crippen LogP contribution in [0.1, 0.15) is 25.7 Å². The van der Waals surface area contributed by atoms with Gasteiger partial charge in [-0.05, 0) is 0 Å². The second-order valence-electron chi connectivity index (χ2n) is 2.10. The van der Waals surface area contributed by atoms with Crippen LogP contribution in [0.5, 0.6) is 0 Å². The summed E-state index contributed by atoms with van der Waals surface area (Å²) in [6.07, 6.45) is 5.91. The van der Waals surface area contributed by atoms with Crippen molar-refractivity contribution in [3.05, 3.63) is 0 Å². The second-order valence-corrected chi connectivity index (χ2v) is 6.68. The zero-order valence-electron chi connectivity index (χ0n) is 4.31. The topological polar surface area (TPSA) is 0 Å². The molecule has 2 heteroatoms. The molecule has 0 aromatic heterocycles. The second kappa shape index (κ2) is 3.13. The van der Waals surface area contributed by atoms with Crippen LogP contribution in [0, 0.1) is 0 Å². The van der Waals surface area contributed by atoms with Gasteiger partial charge in [-0.15, -0.1) is 0 Å². The van der Waals surface area contributed by atoms with Crippen LogP contribution < -0.4 is 0 Å². The zero-order valence-corrected chi connectivity index (χ0v) is 7.98. The Morgan fingerprint density at radius 1 is 1.29 bits per heavy atom. The molecule has 0 amide bonds. The number of hydrogen-bond donors (Lipinski definition) is 0. The Labute approximate surface area is 58.1 Å². The third-order valence-electron chi connectivity index (χ3n) is 1.52. The summed E-state index contributed by atoms with van der Waals surface area (Å²) < 4.78 is 1.08. The molecule has 7 heavy (non-hydrogen) atoms. The van der Waals surface area contributed by atoms with Gasteiger partial charge < -0.3 is 0 Å². The zero-order chi connectivity index (χ0) is 5.11. The van der Waals surface area contributed by atoms with Gasteiger partial charge in [0, 0.05) is 0 Å². The maximum absolute atomic E-state index is 5.08. The molecule has 0 aromatic rings. The quantitative estimate of drug-likeness (QED) is 0.610. The minimum atomic E-state index is -0.256. The molecule has 1 rings (SSSR count). The Morgan fingerprint density at radius 2 is 1.86 bits per heavy atom. The van der Waals surface area contributed by atoms with E-state index in [0.29, 0.717) is 0 Å². The first-order valence-corrected chi connectivity index (χ1v) is 8.36. The van der Waals surface area contributed by atoms with Crippen molar-refractivity contribution < 1.29 is 0 Å². The molecule has 0 bridgehead atoms. The van der Waals surface area contributed by atoms with Gasteiger partial charge in [0.05, 0.1) is 0 Å². The van der Waals surface area contributed by atoms with Gasteiger partial charge in [0.25, 0.3) is 0 Å². The molecule has 0 heterocycles. The minimum absolute atomic E-state index is 0.256. The molecule has 1 aliphatic rings. The number of rotatable bonds is 1. The van der Waals surface area contributed by atoms with Crippen LogP contribution >= 0.6 is 9.29 Å². The van der Waals surface area contributed by atoms with E-state index in [1.165, 1.54) is 25.7 Å². The van der Waals surface area contributed by atoms with E-state index in [0.717, 1.165) is 3.93 Å². The van der Waals surface area contributed by atoms with Gasteiger partial charge in [0.15, 0.2) is 0 Å². The van der Waals surface area contributed by atoms with Crippen molar-refractivity contribution in [3.63, 3.8) is 0 Å². The Bertz CT molecular complexity index is 66.5. The third-order valence-corrected chi connectivity index (χ3v) is 6.36. The van der Waals surface area contributed by atoms with Gasteiger partial charge in [-0.3, -0.25) is 0 Å². The van der Waals surface area contributed by atoms with Crippen molar-refractivity contribution >= 4 is 28.5 Å². The summed E-state index contributed by atoms with van der Waals surface area (Å²) in [5.41, 5.74) is 0. The van der Waals surface area contributed by atoms with Gasteiger partial charge in [0.2, 0.25) is 0 Å². The van der Waals surface area contributed by atoms with Crippen molar-refractivity contribution in [2.75, 3.05) is 0 Å². The molecule has 0 spiro atoms. The van der Waals surface area contributed by atoms with Crippen LogP contribution in [0.2, 0.25) is 3.93 Å². The van der Waals surface area contributed by atoms with Crippen LogP contribution in [0.15, 0.2) is 0 Å². The van der Waals surface area contributed by atoms with Crippen LogP contribution in [-0.4, -0.2) is 19.2 Å². The molecule has 0 saturated heterocycles. The summed E-state index contributed by atoms with van der Waals surface area (Å²) >= 11 is -0.256. The Morgan fingerprint density at radius 3 is 2.14 bits per heavy atom. The standard InChI is InChI=1S/C5H9.S.Sn/c1-2-4-5-3-1;;/h1H,2-5H2;;. The molecule has 0 aliphatic heterocycles. The van der Waals surface area contributed by atoms with Gasteiger partial charge >= 0.3 is 58.1 Å². The van der Waals surface area contributed by atoms with Crippen LogP contribution in [0.25, 0.3) is 0 Å². The molecule has 1 saturated carbocycles. The molecule has 1 aliphatic carbocycles. The first kappa shape index (κ1) is 6.14. The summed E-state index contributed by atoms with van der Waals surface area (Å²) in [5.74, 6) is 0. The van der Waals surface area contributed by atoms with Crippen molar-refractivity contribution in [2.24, 2.45) is 0 Å². The summed E-state index contributed by atoms with van der Waals surface area (Å²) in [6, 6.07) is 0. The average Bonchev–Trinajstić information content (AvgIpc) is 2.14. The maximum atomic E-state index is 5.08. The molecule has 39 valence electrons.